The molecule has 112 valence electrons. The Morgan fingerprint density at radius 1 is 0.955 bits per heavy atom. The number of carbonyl (C=O) groups excluding carboxylic acids is 2. The first-order valence-electron chi connectivity index (χ1n) is 6.67. The van der Waals surface area contributed by atoms with Gasteiger partial charge in [-0.25, -0.2) is 4.79 Å². The first-order chi connectivity index (χ1) is 10.7. The van der Waals surface area contributed by atoms with Crippen LogP contribution in [0, 0.1) is 0 Å². The van der Waals surface area contributed by atoms with E-state index in [0.717, 1.165) is 5.69 Å². The summed E-state index contributed by atoms with van der Waals surface area (Å²) in [5, 5.41) is 5.48. The number of esters is 1. The number of hydrogen-bond donors (Lipinski definition) is 2. The summed E-state index contributed by atoms with van der Waals surface area (Å²) in [5.74, 6) is -1.01. The number of hydrogen-bond acceptors (Lipinski definition) is 4. The minimum atomic E-state index is -0.632. The summed E-state index contributed by atoms with van der Waals surface area (Å²) in [5.41, 5.74) is 1.27. The molecule has 0 unspecified atom stereocenters. The van der Waals surface area contributed by atoms with Crippen LogP contribution in [-0.4, -0.2) is 19.0 Å². The maximum Gasteiger partial charge on any atom is 0.356 e. The molecular weight excluding hydrogens is 280 g/mol. The fraction of sp³-hybridized carbons (Fsp3) is 0.0588. The smallest absolute Gasteiger partial charge is 0.356 e. The van der Waals surface area contributed by atoms with Crippen LogP contribution in [0.3, 0.4) is 0 Å². The number of benzene rings is 2. The van der Waals surface area contributed by atoms with Crippen molar-refractivity contribution in [1.82, 2.24) is 5.32 Å². The lowest BCUT2D eigenvalue weighted by molar-refractivity contribution is -0.136. The number of nitrogens with one attached hydrogen (secondary N) is 2. The first-order valence-corrected chi connectivity index (χ1v) is 6.67. The van der Waals surface area contributed by atoms with E-state index in [-0.39, 0.29) is 11.6 Å². The van der Waals surface area contributed by atoms with Crippen LogP contribution in [0.15, 0.2) is 72.6 Å². The molecule has 0 saturated heterocycles. The predicted molar refractivity (Wildman–Crippen MR) is 84.1 cm³/mol. The normalized spacial score (nSPS) is 10.7. The molecule has 22 heavy (non-hydrogen) atoms. The van der Waals surface area contributed by atoms with Gasteiger partial charge < -0.3 is 15.4 Å². The summed E-state index contributed by atoms with van der Waals surface area (Å²) in [7, 11) is 1.26. The van der Waals surface area contributed by atoms with Crippen LogP contribution in [0.25, 0.3) is 0 Å². The van der Waals surface area contributed by atoms with Crippen molar-refractivity contribution in [2.24, 2.45) is 0 Å². The van der Waals surface area contributed by atoms with Gasteiger partial charge in [0.1, 0.15) is 5.70 Å². The van der Waals surface area contributed by atoms with E-state index >= 15 is 0 Å². The minimum absolute atomic E-state index is 0.0280. The van der Waals surface area contributed by atoms with Crippen molar-refractivity contribution >= 4 is 17.6 Å². The Balaban J connectivity index is 2.13. The summed E-state index contributed by atoms with van der Waals surface area (Å²) in [6, 6.07) is 17.9. The Bertz CT molecular complexity index is 667. The lowest BCUT2D eigenvalue weighted by Crippen LogP contribution is -2.28. The van der Waals surface area contributed by atoms with Crippen molar-refractivity contribution in [2.45, 2.75) is 0 Å². The molecule has 1 amide bonds. The first kappa shape index (κ1) is 15.3. The highest BCUT2D eigenvalue weighted by atomic mass is 16.5. The third kappa shape index (κ3) is 4.21. The van der Waals surface area contributed by atoms with E-state index in [1.165, 1.54) is 13.3 Å². The van der Waals surface area contributed by atoms with Gasteiger partial charge in [-0.15, -0.1) is 0 Å². The molecule has 0 atom stereocenters. The molecule has 0 aromatic heterocycles. The number of ether oxygens (including phenoxy) is 1. The second kappa shape index (κ2) is 7.64. The van der Waals surface area contributed by atoms with E-state index in [2.05, 4.69) is 15.4 Å². The van der Waals surface area contributed by atoms with Crippen LogP contribution in [0.2, 0.25) is 0 Å². The zero-order chi connectivity index (χ0) is 15.8. The Morgan fingerprint density at radius 3 is 2.14 bits per heavy atom. The largest absolute Gasteiger partial charge is 0.464 e. The van der Waals surface area contributed by atoms with Gasteiger partial charge in [-0.1, -0.05) is 36.4 Å². The number of methoxy groups -OCH3 is 1. The van der Waals surface area contributed by atoms with Gasteiger partial charge in [0.25, 0.3) is 5.91 Å². The minimum Gasteiger partial charge on any atom is -0.464 e. The van der Waals surface area contributed by atoms with E-state index in [1.54, 1.807) is 24.3 Å². The second-order valence-corrected chi connectivity index (χ2v) is 4.38. The van der Waals surface area contributed by atoms with Crippen molar-refractivity contribution < 1.29 is 14.3 Å². The van der Waals surface area contributed by atoms with E-state index in [0.29, 0.717) is 5.56 Å². The molecule has 0 radical (unpaired) electrons. The average Bonchev–Trinajstić information content (AvgIpc) is 2.59. The lowest BCUT2D eigenvalue weighted by Gasteiger charge is -2.09. The summed E-state index contributed by atoms with van der Waals surface area (Å²) in [6.45, 7) is 0. The SMILES string of the molecule is COC(=O)/C(=C\Nc1ccccc1)NC(=O)c1ccccc1. The summed E-state index contributed by atoms with van der Waals surface area (Å²) in [4.78, 5) is 23.9. The van der Waals surface area contributed by atoms with Crippen LogP contribution >= 0.6 is 0 Å². The Morgan fingerprint density at radius 2 is 1.55 bits per heavy atom. The molecule has 2 N–H and O–H groups in total. The molecular formula is C17H16N2O3. The number of amides is 1. The molecule has 0 bridgehead atoms. The lowest BCUT2D eigenvalue weighted by atomic mass is 10.2. The van der Waals surface area contributed by atoms with Gasteiger partial charge in [0.15, 0.2) is 0 Å². The van der Waals surface area contributed by atoms with E-state index in [4.69, 9.17) is 0 Å². The number of para-hydroxylation sites is 1. The standard InChI is InChI=1S/C17H16N2O3/c1-22-17(21)15(12-18-14-10-6-3-7-11-14)19-16(20)13-8-4-2-5-9-13/h2-12,18H,1H3,(H,19,20)/b15-12+. The van der Waals surface area contributed by atoms with Crippen LogP contribution in [0.4, 0.5) is 5.69 Å². The van der Waals surface area contributed by atoms with E-state index < -0.39 is 5.97 Å². The topological polar surface area (TPSA) is 67.4 Å². The van der Waals surface area contributed by atoms with E-state index in [9.17, 15) is 9.59 Å². The fourth-order valence-electron chi connectivity index (χ4n) is 1.73. The van der Waals surface area contributed by atoms with Crippen LogP contribution in [0.1, 0.15) is 10.4 Å². The second-order valence-electron chi connectivity index (χ2n) is 4.38. The van der Waals surface area contributed by atoms with Gasteiger partial charge in [-0.3, -0.25) is 4.79 Å². The van der Waals surface area contributed by atoms with Gasteiger partial charge in [0.05, 0.1) is 7.11 Å². The van der Waals surface area contributed by atoms with Crippen molar-refractivity contribution in [3.05, 3.63) is 78.1 Å². The van der Waals surface area contributed by atoms with Crippen LogP contribution in [0.5, 0.6) is 0 Å². The molecule has 0 saturated carbocycles. The number of carbonyl (C=O) groups is 2. The van der Waals surface area contributed by atoms with Gasteiger partial charge in [-0.2, -0.15) is 0 Å². The Labute approximate surface area is 128 Å². The molecule has 0 spiro atoms. The van der Waals surface area contributed by atoms with Crippen LogP contribution < -0.4 is 10.6 Å². The van der Waals surface area contributed by atoms with Crippen molar-refractivity contribution in [3.8, 4) is 0 Å². The Hall–Kier alpha value is -3.08. The molecule has 5 heteroatoms. The van der Waals surface area contributed by atoms with Crippen molar-refractivity contribution in [2.75, 3.05) is 12.4 Å². The highest BCUT2D eigenvalue weighted by Crippen LogP contribution is 2.07. The highest BCUT2D eigenvalue weighted by molar-refractivity contribution is 6.01. The fourth-order valence-corrected chi connectivity index (χ4v) is 1.73. The molecule has 0 fully saturated rings. The number of anilines is 1. The molecule has 0 aliphatic heterocycles. The van der Waals surface area contributed by atoms with Crippen LogP contribution in [-0.2, 0) is 9.53 Å². The summed E-state index contributed by atoms with van der Waals surface area (Å²) >= 11 is 0. The van der Waals surface area contributed by atoms with Gasteiger partial charge in [-0.05, 0) is 24.3 Å². The van der Waals surface area contributed by atoms with Gasteiger partial charge >= 0.3 is 5.97 Å². The highest BCUT2D eigenvalue weighted by Gasteiger charge is 2.14. The van der Waals surface area contributed by atoms with E-state index in [1.807, 2.05) is 36.4 Å². The monoisotopic (exact) mass is 296 g/mol. The third-order valence-electron chi connectivity index (χ3n) is 2.85. The third-order valence-corrected chi connectivity index (χ3v) is 2.85. The zero-order valence-corrected chi connectivity index (χ0v) is 12.1. The molecule has 0 heterocycles. The summed E-state index contributed by atoms with van der Waals surface area (Å²) < 4.78 is 4.68. The molecule has 0 aliphatic rings. The number of rotatable bonds is 5. The van der Waals surface area contributed by atoms with Gasteiger partial charge in [0, 0.05) is 17.5 Å². The Kier molecular flexibility index (Phi) is 5.31. The molecule has 2 aromatic carbocycles. The average molecular weight is 296 g/mol. The predicted octanol–water partition coefficient (Wildman–Crippen LogP) is 2.54. The van der Waals surface area contributed by atoms with Gasteiger partial charge in [0.2, 0.25) is 0 Å². The molecule has 2 rings (SSSR count). The maximum atomic E-state index is 12.1. The summed E-state index contributed by atoms with van der Waals surface area (Å²) in [6.07, 6.45) is 1.40. The molecule has 0 aliphatic carbocycles. The molecule has 2 aromatic rings. The van der Waals surface area contributed by atoms with Crippen molar-refractivity contribution in [1.29, 1.82) is 0 Å². The molecule has 5 nitrogen and oxygen atoms in total. The van der Waals surface area contributed by atoms with Crippen molar-refractivity contribution in [3.63, 3.8) is 0 Å². The quantitative estimate of drug-likeness (QED) is 0.657. The maximum absolute atomic E-state index is 12.1. The zero-order valence-electron chi connectivity index (χ0n) is 12.1.